The summed E-state index contributed by atoms with van der Waals surface area (Å²) in [4.78, 5) is 4.44. The fraction of sp³-hybridized carbons (Fsp3) is 0.214. The molecule has 1 aromatic carbocycles. The van der Waals surface area contributed by atoms with Gasteiger partial charge >= 0.3 is 0 Å². The molecule has 2 rings (SSSR count). The standard InChI is InChI=1S/C14H17N3O3S/c1-10-3-8-14(18)13(17-10)9-16-11-4-6-12(7-5-11)21(19,20)15-2/h3-8,15-16,18H,9H2,1-2H3. The van der Waals surface area contributed by atoms with Crippen LogP contribution in [0.2, 0.25) is 0 Å². The Morgan fingerprint density at radius 2 is 1.81 bits per heavy atom. The third-order valence-corrected chi connectivity index (χ3v) is 4.41. The first-order valence-electron chi connectivity index (χ1n) is 6.35. The second-order valence-electron chi connectivity index (χ2n) is 4.50. The zero-order chi connectivity index (χ0) is 15.5. The van der Waals surface area contributed by atoms with Crippen molar-refractivity contribution in [2.75, 3.05) is 12.4 Å². The van der Waals surface area contributed by atoms with E-state index in [9.17, 15) is 13.5 Å². The third-order valence-electron chi connectivity index (χ3n) is 2.98. The van der Waals surface area contributed by atoms with Gasteiger partial charge in [0.05, 0.1) is 11.4 Å². The normalized spacial score (nSPS) is 11.3. The van der Waals surface area contributed by atoms with Gasteiger partial charge in [-0.05, 0) is 50.4 Å². The fourth-order valence-electron chi connectivity index (χ4n) is 1.79. The molecule has 112 valence electrons. The first-order valence-corrected chi connectivity index (χ1v) is 7.83. The highest BCUT2D eigenvalue weighted by molar-refractivity contribution is 7.89. The van der Waals surface area contributed by atoms with Crippen LogP contribution >= 0.6 is 0 Å². The predicted molar refractivity (Wildman–Crippen MR) is 80.7 cm³/mol. The number of aromatic hydroxyl groups is 1. The summed E-state index contributed by atoms with van der Waals surface area (Å²) < 4.78 is 25.5. The lowest BCUT2D eigenvalue weighted by Gasteiger charge is -2.09. The fourth-order valence-corrected chi connectivity index (χ4v) is 2.52. The highest BCUT2D eigenvalue weighted by Gasteiger charge is 2.10. The van der Waals surface area contributed by atoms with Crippen LogP contribution in [0.15, 0.2) is 41.3 Å². The highest BCUT2D eigenvalue weighted by Crippen LogP contribution is 2.18. The van der Waals surface area contributed by atoms with Crippen molar-refractivity contribution in [3.8, 4) is 5.75 Å². The van der Waals surface area contributed by atoms with E-state index in [4.69, 9.17) is 0 Å². The van der Waals surface area contributed by atoms with E-state index in [1.54, 1.807) is 24.3 Å². The maximum atomic E-state index is 11.6. The van der Waals surface area contributed by atoms with E-state index >= 15 is 0 Å². The van der Waals surface area contributed by atoms with Gasteiger partial charge in [-0.15, -0.1) is 0 Å². The van der Waals surface area contributed by atoms with E-state index in [1.165, 1.54) is 19.2 Å². The van der Waals surface area contributed by atoms with E-state index in [1.807, 2.05) is 6.92 Å². The van der Waals surface area contributed by atoms with E-state index in [0.29, 0.717) is 12.2 Å². The lowest BCUT2D eigenvalue weighted by atomic mass is 10.2. The molecule has 0 bridgehead atoms. The monoisotopic (exact) mass is 307 g/mol. The summed E-state index contributed by atoms with van der Waals surface area (Å²) in [7, 11) is -2.06. The smallest absolute Gasteiger partial charge is 0.240 e. The van der Waals surface area contributed by atoms with Gasteiger partial charge in [-0.1, -0.05) is 0 Å². The number of hydrogen-bond acceptors (Lipinski definition) is 5. The van der Waals surface area contributed by atoms with Gasteiger partial charge in [0.15, 0.2) is 0 Å². The number of pyridine rings is 1. The second kappa shape index (κ2) is 6.11. The van der Waals surface area contributed by atoms with Crippen molar-refractivity contribution in [3.05, 3.63) is 47.8 Å². The Hall–Kier alpha value is -2.12. The average molecular weight is 307 g/mol. The maximum absolute atomic E-state index is 11.6. The van der Waals surface area contributed by atoms with Crippen LogP contribution in [0.5, 0.6) is 5.75 Å². The summed E-state index contributed by atoms with van der Waals surface area (Å²) in [6.07, 6.45) is 0. The molecule has 0 aliphatic carbocycles. The molecular weight excluding hydrogens is 290 g/mol. The van der Waals surface area contributed by atoms with Crippen molar-refractivity contribution in [3.63, 3.8) is 0 Å². The summed E-state index contributed by atoms with van der Waals surface area (Å²) in [6.45, 7) is 2.20. The van der Waals surface area contributed by atoms with Gasteiger partial charge in [0.25, 0.3) is 0 Å². The van der Waals surface area contributed by atoms with E-state index < -0.39 is 10.0 Å². The van der Waals surface area contributed by atoms with Crippen molar-refractivity contribution < 1.29 is 13.5 Å². The van der Waals surface area contributed by atoms with Crippen molar-refractivity contribution in [1.82, 2.24) is 9.71 Å². The lowest BCUT2D eigenvalue weighted by molar-refractivity contribution is 0.464. The van der Waals surface area contributed by atoms with E-state index in [0.717, 1.165) is 11.4 Å². The van der Waals surface area contributed by atoms with Crippen LogP contribution in [0.4, 0.5) is 5.69 Å². The largest absolute Gasteiger partial charge is 0.506 e. The highest BCUT2D eigenvalue weighted by atomic mass is 32.2. The number of benzene rings is 1. The van der Waals surface area contributed by atoms with Gasteiger partial charge in [-0.2, -0.15) is 0 Å². The van der Waals surface area contributed by atoms with E-state index in [2.05, 4.69) is 15.0 Å². The molecule has 0 spiro atoms. The Morgan fingerprint density at radius 1 is 1.14 bits per heavy atom. The van der Waals surface area contributed by atoms with Gasteiger partial charge in [0.2, 0.25) is 10.0 Å². The molecule has 21 heavy (non-hydrogen) atoms. The average Bonchev–Trinajstić information content (AvgIpc) is 2.48. The molecule has 2 aromatic rings. The van der Waals surface area contributed by atoms with E-state index in [-0.39, 0.29) is 10.6 Å². The molecule has 0 saturated heterocycles. The Kier molecular flexibility index (Phi) is 4.44. The van der Waals surface area contributed by atoms with Crippen molar-refractivity contribution >= 4 is 15.7 Å². The van der Waals surface area contributed by atoms with Crippen LogP contribution in [-0.4, -0.2) is 25.6 Å². The zero-order valence-corrected chi connectivity index (χ0v) is 12.6. The van der Waals surface area contributed by atoms with Crippen LogP contribution in [-0.2, 0) is 16.6 Å². The first kappa shape index (κ1) is 15.3. The number of nitrogens with zero attached hydrogens (tertiary/aromatic N) is 1. The Labute approximate surface area is 123 Å². The molecule has 3 N–H and O–H groups in total. The topological polar surface area (TPSA) is 91.3 Å². The van der Waals surface area contributed by atoms with Crippen molar-refractivity contribution in [2.45, 2.75) is 18.4 Å². The lowest BCUT2D eigenvalue weighted by Crippen LogP contribution is -2.18. The number of sulfonamides is 1. The number of anilines is 1. The molecular formula is C14H17N3O3S. The third kappa shape index (κ3) is 3.71. The predicted octanol–water partition coefficient (Wildman–Crippen LogP) is 1.62. The van der Waals surface area contributed by atoms with Gasteiger partial charge in [-0.3, -0.25) is 4.98 Å². The molecule has 0 radical (unpaired) electrons. The number of aryl methyl sites for hydroxylation is 1. The number of hydrogen-bond donors (Lipinski definition) is 3. The molecule has 0 amide bonds. The first-order chi connectivity index (χ1) is 9.92. The minimum atomic E-state index is -3.42. The molecule has 0 aliphatic rings. The number of rotatable bonds is 5. The van der Waals surface area contributed by atoms with Gasteiger partial charge in [0, 0.05) is 11.4 Å². The molecule has 6 nitrogen and oxygen atoms in total. The van der Waals surface area contributed by atoms with Crippen LogP contribution in [0.3, 0.4) is 0 Å². The minimum absolute atomic E-state index is 0.127. The SMILES string of the molecule is CNS(=O)(=O)c1ccc(NCc2nc(C)ccc2O)cc1. The number of nitrogens with one attached hydrogen (secondary N) is 2. The van der Waals surface area contributed by atoms with Crippen LogP contribution in [0.25, 0.3) is 0 Å². The summed E-state index contributed by atoms with van der Waals surface area (Å²) >= 11 is 0. The second-order valence-corrected chi connectivity index (χ2v) is 6.39. The molecule has 7 heteroatoms. The van der Waals surface area contributed by atoms with Crippen molar-refractivity contribution in [1.29, 1.82) is 0 Å². The van der Waals surface area contributed by atoms with Crippen LogP contribution in [0.1, 0.15) is 11.4 Å². The Morgan fingerprint density at radius 3 is 2.43 bits per heavy atom. The Bertz CT molecular complexity index is 728. The van der Waals surface area contributed by atoms with Gasteiger partial charge in [0.1, 0.15) is 11.4 Å². The molecule has 1 aromatic heterocycles. The summed E-state index contributed by atoms with van der Waals surface area (Å²) in [5, 5.41) is 12.8. The zero-order valence-electron chi connectivity index (χ0n) is 11.8. The molecule has 1 heterocycles. The summed E-state index contributed by atoms with van der Waals surface area (Å²) in [6, 6.07) is 9.68. The van der Waals surface area contributed by atoms with Crippen LogP contribution < -0.4 is 10.0 Å². The maximum Gasteiger partial charge on any atom is 0.240 e. The van der Waals surface area contributed by atoms with Crippen molar-refractivity contribution in [2.24, 2.45) is 0 Å². The molecule has 0 atom stereocenters. The van der Waals surface area contributed by atoms with Gasteiger partial charge < -0.3 is 10.4 Å². The molecule has 0 saturated carbocycles. The number of aromatic nitrogens is 1. The summed E-state index contributed by atoms with van der Waals surface area (Å²) in [5.41, 5.74) is 2.11. The summed E-state index contributed by atoms with van der Waals surface area (Å²) in [5.74, 6) is 0.127. The quantitative estimate of drug-likeness (QED) is 0.780. The molecule has 0 fully saturated rings. The molecule has 0 aliphatic heterocycles. The van der Waals surface area contributed by atoms with Gasteiger partial charge in [-0.25, -0.2) is 13.1 Å². The minimum Gasteiger partial charge on any atom is -0.506 e. The Balaban J connectivity index is 2.09. The molecule has 0 unspecified atom stereocenters. The van der Waals surface area contributed by atoms with Crippen LogP contribution in [0, 0.1) is 6.92 Å².